The Kier molecular flexibility index (Phi) is 5.05. The second-order valence-corrected chi connectivity index (χ2v) is 7.27. The number of halogens is 2. The predicted molar refractivity (Wildman–Crippen MR) is 113 cm³/mol. The monoisotopic (exact) mass is 439 g/mol. The Balaban J connectivity index is 1.76. The molecule has 2 heterocycles. The molecule has 0 aliphatic rings. The first-order chi connectivity index (χ1) is 13.6. The number of nitrogens with one attached hydrogen (secondary N) is 1. The molecule has 4 nitrogen and oxygen atoms in total. The average molecular weight is 440 g/mol. The van der Waals surface area contributed by atoms with Gasteiger partial charge in [0.05, 0.1) is 12.6 Å². The first kappa shape index (κ1) is 18.5. The molecule has 142 valence electrons. The van der Waals surface area contributed by atoms with Crippen molar-refractivity contribution < 1.29 is 9.13 Å². The molecule has 2 aromatic heterocycles. The van der Waals surface area contributed by atoms with Crippen LogP contribution in [0.25, 0.3) is 16.6 Å². The van der Waals surface area contributed by atoms with Gasteiger partial charge in [0.1, 0.15) is 11.6 Å². The molecule has 0 aliphatic carbocycles. The summed E-state index contributed by atoms with van der Waals surface area (Å²) in [5.41, 5.74) is 5.05. The van der Waals surface area contributed by atoms with E-state index in [4.69, 9.17) is 4.74 Å². The molecule has 0 spiro atoms. The molecule has 1 N–H and O–H groups in total. The molecule has 0 bridgehead atoms. The quantitative estimate of drug-likeness (QED) is 0.424. The van der Waals surface area contributed by atoms with Crippen LogP contribution in [0.3, 0.4) is 0 Å². The van der Waals surface area contributed by atoms with Crippen molar-refractivity contribution in [2.24, 2.45) is 0 Å². The molecule has 0 saturated heterocycles. The minimum Gasteiger partial charge on any atom is -0.497 e. The van der Waals surface area contributed by atoms with Crippen molar-refractivity contribution in [2.45, 2.75) is 13.5 Å². The molecule has 0 atom stereocenters. The van der Waals surface area contributed by atoms with Gasteiger partial charge in [-0.1, -0.05) is 24.3 Å². The number of hydrogen-bond acceptors (Lipinski definition) is 3. The van der Waals surface area contributed by atoms with Gasteiger partial charge < -0.3 is 14.5 Å². The second kappa shape index (κ2) is 7.64. The van der Waals surface area contributed by atoms with Gasteiger partial charge >= 0.3 is 0 Å². The fraction of sp³-hybridized carbons (Fsp3) is 0.136. The molecule has 0 fully saturated rings. The Morgan fingerprint density at radius 1 is 1.11 bits per heavy atom. The van der Waals surface area contributed by atoms with E-state index in [0.717, 1.165) is 43.9 Å². The molecule has 0 aliphatic heterocycles. The summed E-state index contributed by atoms with van der Waals surface area (Å²) in [5.74, 6) is 1.34. The maximum absolute atomic E-state index is 13.4. The van der Waals surface area contributed by atoms with Gasteiger partial charge in [-0.05, 0) is 58.2 Å². The van der Waals surface area contributed by atoms with Crippen LogP contribution in [0.2, 0.25) is 0 Å². The van der Waals surface area contributed by atoms with Gasteiger partial charge in [-0.15, -0.1) is 0 Å². The molecule has 4 aromatic rings. The SMILES string of the molecule is COc1ccc(CNc2nccn3c(C)c(Br)c(-c4ccc(F)cc4)c23)cc1. The number of aromatic nitrogens is 2. The number of hydrogen-bond donors (Lipinski definition) is 1. The van der Waals surface area contributed by atoms with Crippen molar-refractivity contribution in [1.29, 1.82) is 0 Å². The Morgan fingerprint density at radius 2 is 1.82 bits per heavy atom. The van der Waals surface area contributed by atoms with Crippen molar-refractivity contribution in [1.82, 2.24) is 9.38 Å². The highest BCUT2D eigenvalue weighted by Gasteiger charge is 2.19. The number of benzene rings is 2. The van der Waals surface area contributed by atoms with Crippen LogP contribution in [0, 0.1) is 12.7 Å². The topological polar surface area (TPSA) is 38.6 Å². The lowest BCUT2D eigenvalue weighted by atomic mass is 10.1. The van der Waals surface area contributed by atoms with E-state index >= 15 is 0 Å². The third kappa shape index (κ3) is 3.36. The summed E-state index contributed by atoms with van der Waals surface area (Å²) in [4.78, 5) is 4.56. The van der Waals surface area contributed by atoms with E-state index in [-0.39, 0.29) is 5.82 Å². The van der Waals surface area contributed by atoms with Gasteiger partial charge in [-0.3, -0.25) is 0 Å². The molecule has 0 amide bonds. The van der Waals surface area contributed by atoms with Crippen molar-refractivity contribution in [3.8, 4) is 16.9 Å². The molecule has 2 aromatic carbocycles. The highest BCUT2D eigenvalue weighted by atomic mass is 79.9. The third-order valence-electron chi connectivity index (χ3n) is 4.77. The largest absolute Gasteiger partial charge is 0.497 e. The number of rotatable bonds is 5. The summed E-state index contributed by atoms with van der Waals surface area (Å²) < 4.78 is 21.7. The summed E-state index contributed by atoms with van der Waals surface area (Å²) in [7, 11) is 1.65. The van der Waals surface area contributed by atoms with Crippen molar-refractivity contribution >= 4 is 27.3 Å². The maximum atomic E-state index is 13.4. The standard InChI is InChI=1S/C22H19BrFN3O/c1-14-20(23)19(16-5-7-17(24)8-6-16)21-22(25-11-12-27(14)21)26-13-15-3-9-18(28-2)10-4-15/h3-12H,13H2,1-2H3,(H,25,26). The summed E-state index contributed by atoms with van der Waals surface area (Å²) >= 11 is 3.71. The van der Waals surface area contributed by atoms with Crippen LogP contribution >= 0.6 is 15.9 Å². The van der Waals surface area contributed by atoms with Gasteiger partial charge in [-0.2, -0.15) is 0 Å². The smallest absolute Gasteiger partial charge is 0.151 e. The molecule has 0 saturated carbocycles. The van der Waals surface area contributed by atoms with Gasteiger partial charge in [0.2, 0.25) is 0 Å². The molecule has 0 unspecified atom stereocenters. The lowest BCUT2D eigenvalue weighted by Crippen LogP contribution is -2.04. The van der Waals surface area contributed by atoms with E-state index in [2.05, 4.69) is 30.6 Å². The Labute approximate surface area is 171 Å². The van der Waals surface area contributed by atoms with Gasteiger partial charge in [0.25, 0.3) is 0 Å². The van der Waals surface area contributed by atoms with Crippen molar-refractivity contribution in [3.05, 3.63) is 82.5 Å². The van der Waals surface area contributed by atoms with E-state index in [1.54, 1.807) is 25.4 Å². The second-order valence-electron chi connectivity index (χ2n) is 6.48. The van der Waals surface area contributed by atoms with Gasteiger partial charge in [0, 0.05) is 34.7 Å². The fourth-order valence-electron chi connectivity index (χ4n) is 3.27. The van der Waals surface area contributed by atoms with Gasteiger partial charge in [0.15, 0.2) is 5.82 Å². The number of anilines is 1. The fourth-order valence-corrected chi connectivity index (χ4v) is 3.88. The first-order valence-corrected chi connectivity index (χ1v) is 9.65. The van der Waals surface area contributed by atoms with E-state index in [0.29, 0.717) is 6.54 Å². The number of ether oxygens (including phenoxy) is 1. The Bertz CT molecular complexity index is 1120. The Morgan fingerprint density at radius 3 is 2.50 bits per heavy atom. The lowest BCUT2D eigenvalue weighted by molar-refractivity contribution is 0.414. The maximum Gasteiger partial charge on any atom is 0.151 e. The normalized spacial score (nSPS) is 11.0. The molecular weight excluding hydrogens is 421 g/mol. The number of nitrogens with zero attached hydrogens (tertiary/aromatic N) is 2. The van der Waals surface area contributed by atoms with Crippen LogP contribution in [0.5, 0.6) is 5.75 Å². The van der Waals surface area contributed by atoms with Crippen molar-refractivity contribution in [2.75, 3.05) is 12.4 Å². The lowest BCUT2D eigenvalue weighted by Gasteiger charge is -2.10. The minimum atomic E-state index is -0.254. The Hall–Kier alpha value is -2.86. The zero-order valence-electron chi connectivity index (χ0n) is 15.5. The summed E-state index contributed by atoms with van der Waals surface area (Å²) in [6.45, 7) is 2.67. The number of aryl methyl sites for hydroxylation is 1. The summed E-state index contributed by atoms with van der Waals surface area (Å²) in [6.07, 6.45) is 3.71. The summed E-state index contributed by atoms with van der Waals surface area (Å²) in [5, 5.41) is 3.44. The zero-order valence-corrected chi connectivity index (χ0v) is 17.1. The molecule has 0 radical (unpaired) electrons. The van der Waals surface area contributed by atoms with Crippen LogP contribution in [0.15, 0.2) is 65.4 Å². The van der Waals surface area contributed by atoms with Crippen molar-refractivity contribution in [3.63, 3.8) is 0 Å². The van der Waals surface area contributed by atoms with Crippen LogP contribution in [-0.4, -0.2) is 16.5 Å². The minimum absolute atomic E-state index is 0.254. The predicted octanol–water partition coefficient (Wildman–Crippen LogP) is 5.83. The third-order valence-corrected chi connectivity index (χ3v) is 5.74. The summed E-state index contributed by atoms with van der Waals surface area (Å²) in [6, 6.07) is 14.4. The highest BCUT2D eigenvalue weighted by molar-refractivity contribution is 9.10. The number of fused-ring (bicyclic) bond motifs is 1. The van der Waals surface area contributed by atoms with Crippen LogP contribution < -0.4 is 10.1 Å². The average Bonchev–Trinajstić information content (AvgIpc) is 2.99. The molecule has 4 rings (SSSR count). The van der Waals surface area contributed by atoms with Gasteiger partial charge in [-0.25, -0.2) is 9.37 Å². The van der Waals surface area contributed by atoms with E-state index in [9.17, 15) is 4.39 Å². The van der Waals surface area contributed by atoms with Crippen LogP contribution in [-0.2, 0) is 6.54 Å². The number of methoxy groups -OCH3 is 1. The van der Waals surface area contributed by atoms with E-state index in [1.165, 1.54) is 12.1 Å². The first-order valence-electron chi connectivity index (χ1n) is 8.86. The molecular formula is C22H19BrFN3O. The zero-order chi connectivity index (χ0) is 19.7. The van der Waals surface area contributed by atoms with E-state index in [1.807, 2.05) is 37.4 Å². The molecule has 28 heavy (non-hydrogen) atoms. The van der Waals surface area contributed by atoms with Crippen LogP contribution in [0.4, 0.5) is 10.2 Å². The van der Waals surface area contributed by atoms with Crippen LogP contribution in [0.1, 0.15) is 11.3 Å². The van der Waals surface area contributed by atoms with E-state index < -0.39 is 0 Å². The highest BCUT2D eigenvalue weighted by Crippen LogP contribution is 2.39. The molecule has 6 heteroatoms.